The molecule has 1 heterocycles. The molecule has 22 heavy (non-hydrogen) atoms. The second-order valence-electron chi connectivity index (χ2n) is 4.55. The number of carboxylic acid groups (broad SMARTS) is 1. The summed E-state index contributed by atoms with van der Waals surface area (Å²) >= 11 is 6.39. The average molecular weight is 336 g/mol. The number of rotatable bonds is 6. The summed E-state index contributed by atoms with van der Waals surface area (Å²) in [5.74, 6) is -0.668. The van der Waals surface area contributed by atoms with Gasteiger partial charge in [-0.15, -0.1) is 0 Å². The van der Waals surface area contributed by atoms with E-state index in [1.807, 2.05) is 24.3 Å². The van der Waals surface area contributed by atoms with Gasteiger partial charge in [0, 0.05) is 18.1 Å². The molecule has 0 unspecified atom stereocenters. The Bertz CT molecular complexity index is 642. The maximum absolute atomic E-state index is 12.3. The Morgan fingerprint density at radius 3 is 2.86 bits per heavy atom. The van der Waals surface area contributed by atoms with Crippen molar-refractivity contribution in [2.24, 2.45) is 0 Å². The molecule has 0 radical (unpaired) electrons. The van der Waals surface area contributed by atoms with E-state index in [-0.39, 0.29) is 18.9 Å². The minimum Gasteiger partial charge on any atom is -0.550 e. The molecule has 1 saturated heterocycles. The standard InChI is InChI=1S/C15H15NO4S2/c1-20-11-6-3-2-5-10(11)9-12-14(19)16(15(21)22-12)8-4-7-13(17)18/h2-3,5-6,9H,4,7-8H2,1H3,(H,17,18)/p-1. The van der Waals surface area contributed by atoms with Crippen molar-refractivity contribution in [3.63, 3.8) is 0 Å². The number of nitrogens with zero attached hydrogens (tertiary/aromatic N) is 1. The molecule has 0 atom stereocenters. The Balaban J connectivity index is 2.13. The van der Waals surface area contributed by atoms with E-state index in [0.29, 0.717) is 21.4 Å². The van der Waals surface area contributed by atoms with Gasteiger partial charge in [0.1, 0.15) is 10.1 Å². The van der Waals surface area contributed by atoms with Crippen molar-refractivity contribution in [3.05, 3.63) is 34.7 Å². The van der Waals surface area contributed by atoms with Crippen LogP contribution in [0.1, 0.15) is 18.4 Å². The number of carboxylic acids is 1. The van der Waals surface area contributed by atoms with Crippen molar-refractivity contribution in [1.29, 1.82) is 0 Å². The fraction of sp³-hybridized carbons (Fsp3) is 0.267. The maximum atomic E-state index is 12.3. The quantitative estimate of drug-likeness (QED) is 0.578. The highest BCUT2D eigenvalue weighted by Gasteiger charge is 2.31. The van der Waals surface area contributed by atoms with Crippen molar-refractivity contribution in [2.75, 3.05) is 13.7 Å². The number of thiocarbonyl (C=S) groups is 1. The van der Waals surface area contributed by atoms with Gasteiger partial charge in [-0.1, -0.05) is 42.2 Å². The Morgan fingerprint density at radius 2 is 2.18 bits per heavy atom. The molecule has 7 heteroatoms. The first-order valence-electron chi connectivity index (χ1n) is 6.61. The molecule has 0 N–H and O–H groups in total. The van der Waals surface area contributed by atoms with Crippen LogP contribution in [0.5, 0.6) is 5.75 Å². The van der Waals surface area contributed by atoms with E-state index in [9.17, 15) is 14.7 Å². The van der Waals surface area contributed by atoms with Gasteiger partial charge in [0.15, 0.2) is 0 Å². The number of carbonyl (C=O) groups is 2. The van der Waals surface area contributed by atoms with E-state index in [1.165, 1.54) is 16.7 Å². The van der Waals surface area contributed by atoms with Crippen molar-refractivity contribution in [1.82, 2.24) is 4.90 Å². The van der Waals surface area contributed by atoms with E-state index in [0.717, 1.165) is 5.56 Å². The third-order valence-electron chi connectivity index (χ3n) is 3.06. The zero-order valence-corrected chi connectivity index (χ0v) is 13.5. The molecule has 2 rings (SSSR count). The van der Waals surface area contributed by atoms with Gasteiger partial charge in [-0.3, -0.25) is 9.69 Å². The molecule has 1 amide bonds. The van der Waals surface area contributed by atoms with Crippen LogP contribution in [0.2, 0.25) is 0 Å². The van der Waals surface area contributed by atoms with Crippen molar-refractivity contribution < 1.29 is 19.4 Å². The van der Waals surface area contributed by atoms with E-state index in [4.69, 9.17) is 17.0 Å². The lowest BCUT2D eigenvalue weighted by molar-refractivity contribution is -0.305. The van der Waals surface area contributed by atoms with E-state index < -0.39 is 5.97 Å². The third-order valence-corrected chi connectivity index (χ3v) is 4.44. The fourth-order valence-electron chi connectivity index (χ4n) is 2.00. The largest absolute Gasteiger partial charge is 0.550 e. The zero-order chi connectivity index (χ0) is 16.1. The van der Waals surface area contributed by atoms with Gasteiger partial charge in [-0.2, -0.15) is 0 Å². The summed E-state index contributed by atoms with van der Waals surface area (Å²) in [6, 6.07) is 7.37. The first-order chi connectivity index (χ1) is 10.5. The predicted molar refractivity (Wildman–Crippen MR) is 87.1 cm³/mol. The SMILES string of the molecule is COc1ccccc1C=C1SC(=S)N(CCCC(=O)[O-])C1=O. The number of hydrogen-bond donors (Lipinski definition) is 0. The van der Waals surface area contributed by atoms with Gasteiger partial charge in [-0.25, -0.2) is 0 Å². The normalized spacial score (nSPS) is 16.4. The van der Waals surface area contributed by atoms with Gasteiger partial charge in [0.2, 0.25) is 0 Å². The van der Waals surface area contributed by atoms with Crippen LogP contribution in [-0.2, 0) is 9.59 Å². The van der Waals surface area contributed by atoms with E-state index in [1.54, 1.807) is 13.2 Å². The topological polar surface area (TPSA) is 69.7 Å². The second-order valence-corrected chi connectivity index (χ2v) is 6.23. The summed E-state index contributed by atoms with van der Waals surface area (Å²) in [4.78, 5) is 24.7. The lowest BCUT2D eigenvalue weighted by Gasteiger charge is -2.14. The summed E-state index contributed by atoms with van der Waals surface area (Å²) in [6.45, 7) is 0.280. The highest BCUT2D eigenvalue weighted by atomic mass is 32.2. The number of ether oxygens (including phenoxy) is 1. The number of hydrogen-bond acceptors (Lipinski definition) is 6. The maximum Gasteiger partial charge on any atom is 0.266 e. The number of methoxy groups -OCH3 is 1. The molecule has 116 valence electrons. The Morgan fingerprint density at radius 1 is 1.45 bits per heavy atom. The smallest absolute Gasteiger partial charge is 0.266 e. The summed E-state index contributed by atoms with van der Waals surface area (Å²) in [5, 5.41) is 10.4. The molecule has 1 aliphatic rings. The van der Waals surface area contributed by atoms with E-state index >= 15 is 0 Å². The van der Waals surface area contributed by atoms with Crippen molar-refractivity contribution in [3.8, 4) is 5.75 Å². The van der Waals surface area contributed by atoms with Crippen molar-refractivity contribution in [2.45, 2.75) is 12.8 Å². The predicted octanol–water partition coefficient (Wildman–Crippen LogP) is 1.43. The van der Waals surface area contributed by atoms with Gasteiger partial charge >= 0.3 is 0 Å². The van der Waals surface area contributed by atoms with Crippen LogP contribution >= 0.6 is 24.0 Å². The molecule has 1 aromatic rings. The number of benzene rings is 1. The van der Waals surface area contributed by atoms with Crippen LogP contribution in [0.15, 0.2) is 29.2 Å². The minimum absolute atomic E-state index is 0.0946. The Kier molecular flexibility index (Phi) is 5.57. The minimum atomic E-state index is -1.13. The first kappa shape index (κ1) is 16.5. The molecule has 0 aliphatic carbocycles. The molecule has 0 bridgehead atoms. The first-order valence-corrected chi connectivity index (χ1v) is 7.83. The van der Waals surface area contributed by atoms with Gasteiger partial charge in [0.25, 0.3) is 5.91 Å². The third kappa shape index (κ3) is 3.86. The molecule has 0 aromatic heterocycles. The summed E-state index contributed by atoms with van der Waals surface area (Å²) in [6.07, 6.45) is 1.95. The van der Waals surface area contributed by atoms with Gasteiger partial charge < -0.3 is 14.6 Å². The summed E-state index contributed by atoms with van der Waals surface area (Å²) in [5.41, 5.74) is 0.792. The molecule has 1 aromatic carbocycles. The van der Waals surface area contributed by atoms with Crippen molar-refractivity contribution >= 4 is 46.3 Å². The monoisotopic (exact) mass is 336 g/mol. The van der Waals surface area contributed by atoms with Gasteiger partial charge in [0.05, 0.1) is 12.0 Å². The molecule has 0 saturated carbocycles. The Hall–Kier alpha value is -1.86. The number of para-hydroxylation sites is 1. The molecule has 1 fully saturated rings. The van der Waals surface area contributed by atoms with Crippen LogP contribution in [-0.4, -0.2) is 34.8 Å². The van der Waals surface area contributed by atoms with Gasteiger partial charge in [-0.05, 0) is 25.0 Å². The highest BCUT2D eigenvalue weighted by Crippen LogP contribution is 2.34. The number of thioether (sulfide) groups is 1. The molecule has 0 spiro atoms. The molecular weight excluding hydrogens is 322 g/mol. The summed E-state index contributed by atoms with van der Waals surface area (Å²) < 4.78 is 5.69. The number of carbonyl (C=O) groups excluding carboxylic acids is 2. The van der Waals surface area contributed by atoms with Crippen LogP contribution in [0, 0.1) is 0 Å². The van der Waals surface area contributed by atoms with Crippen LogP contribution in [0.3, 0.4) is 0 Å². The molecule has 5 nitrogen and oxygen atoms in total. The number of amides is 1. The zero-order valence-electron chi connectivity index (χ0n) is 11.9. The van der Waals surface area contributed by atoms with E-state index in [2.05, 4.69) is 0 Å². The second kappa shape index (κ2) is 7.42. The fourth-order valence-corrected chi connectivity index (χ4v) is 3.30. The average Bonchev–Trinajstić information content (AvgIpc) is 2.75. The molecular formula is C15H14NO4S2-. The lowest BCUT2D eigenvalue weighted by atomic mass is 10.2. The molecule has 1 aliphatic heterocycles. The van der Waals surface area contributed by atoms with Crippen LogP contribution in [0.25, 0.3) is 6.08 Å². The number of aliphatic carboxylic acids is 1. The Labute approximate surface area is 137 Å². The van der Waals surface area contributed by atoms with Crippen LogP contribution in [0.4, 0.5) is 0 Å². The lowest BCUT2D eigenvalue weighted by Crippen LogP contribution is -2.30. The summed E-state index contributed by atoms with van der Waals surface area (Å²) in [7, 11) is 1.57. The highest BCUT2D eigenvalue weighted by molar-refractivity contribution is 8.26. The van der Waals surface area contributed by atoms with Crippen LogP contribution < -0.4 is 9.84 Å².